The SMILES string of the molecule is O=C(Nc1cc(Cl)cnc1NC(=O)c1ccc(Cl)cc1)c1ccc(Cl)cc1. The van der Waals surface area contributed by atoms with E-state index in [4.69, 9.17) is 34.8 Å². The molecule has 0 radical (unpaired) electrons. The highest BCUT2D eigenvalue weighted by atomic mass is 35.5. The fraction of sp³-hybridized carbons (Fsp3) is 0. The van der Waals surface area contributed by atoms with Crippen molar-refractivity contribution in [2.45, 2.75) is 0 Å². The van der Waals surface area contributed by atoms with Gasteiger partial charge >= 0.3 is 0 Å². The van der Waals surface area contributed by atoms with E-state index in [-0.39, 0.29) is 11.5 Å². The third-order valence-electron chi connectivity index (χ3n) is 3.55. The molecular formula is C19H12Cl3N3O2. The molecule has 0 atom stereocenters. The van der Waals surface area contributed by atoms with E-state index in [1.807, 2.05) is 0 Å². The summed E-state index contributed by atoms with van der Waals surface area (Å²) in [5, 5.41) is 6.69. The molecule has 3 rings (SSSR count). The zero-order valence-corrected chi connectivity index (χ0v) is 15.9. The standard InChI is InChI=1S/C19H12Cl3N3O2/c20-13-5-1-11(2-6-13)18(26)24-16-9-15(22)10-23-17(16)25-19(27)12-3-7-14(21)8-4-12/h1-10H,(H,24,26)(H,23,25,27). The second kappa shape index (κ2) is 8.39. The molecule has 2 aromatic carbocycles. The van der Waals surface area contributed by atoms with Gasteiger partial charge in [-0.3, -0.25) is 9.59 Å². The molecule has 0 saturated heterocycles. The highest BCUT2D eigenvalue weighted by molar-refractivity contribution is 6.31. The van der Waals surface area contributed by atoms with Crippen LogP contribution in [0.3, 0.4) is 0 Å². The summed E-state index contributed by atoms with van der Waals surface area (Å²) in [6.45, 7) is 0. The van der Waals surface area contributed by atoms with Gasteiger partial charge < -0.3 is 10.6 Å². The van der Waals surface area contributed by atoms with Gasteiger partial charge in [-0.05, 0) is 54.6 Å². The first kappa shape index (κ1) is 19.2. The van der Waals surface area contributed by atoms with Gasteiger partial charge in [-0.2, -0.15) is 0 Å². The molecule has 8 heteroatoms. The first-order chi connectivity index (χ1) is 12.9. The number of hydrogen-bond acceptors (Lipinski definition) is 3. The van der Waals surface area contributed by atoms with Crippen molar-refractivity contribution in [3.05, 3.63) is 87.0 Å². The zero-order chi connectivity index (χ0) is 19.4. The van der Waals surface area contributed by atoms with Gasteiger partial charge in [-0.25, -0.2) is 4.98 Å². The van der Waals surface area contributed by atoms with Gasteiger partial charge in [0.05, 0.1) is 10.7 Å². The summed E-state index contributed by atoms with van der Waals surface area (Å²) < 4.78 is 0. The second-order valence-electron chi connectivity index (χ2n) is 5.47. The van der Waals surface area contributed by atoms with Crippen LogP contribution in [0.5, 0.6) is 0 Å². The quantitative estimate of drug-likeness (QED) is 0.581. The van der Waals surface area contributed by atoms with Crippen LogP contribution in [0.4, 0.5) is 11.5 Å². The minimum absolute atomic E-state index is 0.168. The monoisotopic (exact) mass is 419 g/mol. The number of nitrogens with one attached hydrogen (secondary N) is 2. The molecule has 0 unspecified atom stereocenters. The largest absolute Gasteiger partial charge is 0.319 e. The lowest BCUT2D eigenvalue weighted by Crippen LogP contribution is -2.17. The Morgan fingerprint density at radius 1 is 0.704 bits per heavy atom. The number of halogens is 3. The number of anilines is 2. The summed E-state index contributed by atoms with van der Waals surface area (Å²) >= 11 is 17.6. The second-order valence-corrected chi connectivity index (χ2v) is 6.78. The molecule has 0 spiro atoms. The third-order valence-corrected chi connectivity index (χ3v) is 4.26. The lowest BCUT2D eigenvalue weighted by atomic mass is 10.2. The van der Waals surface area contributed by atoms with Crippen LogP contribution >= 0.6 is 34.8 Å². The molecule has 2 N–H and O–H groups in total. The Morgan fingerprint density at radius 3 is 1.70 bits per heavy atom. The summed E-state index contributed by atoms with van der Waals surface area (Å²) in [6.07, 6.45) is 1.37. The number of hydrogen-bond donors (Lipinski definition) is 2. The smallest absolute Gasteiger partial charge is 0.256 e. The van der Waals surface area contributed by atoms with E-state index in [1.54, 1.807) is 48.5 Å². The van der Waals surface area contributed by atoms with Gasteiger partial charge in [0, 0.05) is 27.4 Å². The van der Waals surface area contributed by atoms with Crippen LogP contribution < -0.4 is 10.6 Å². The molecular weight excluding hydrogens is 409 g/mol. The van der Waals surface area contributed by atoms with Crippen molar-refractivity contribution >= 4 is 58.1 Å². The Labute approximate surface area is 170 Å². The lowest BCUT2D eigenvalue weighted by molar-refractivity contribution is 0.101. The number of rotatable bonds is 4. The molecule has 3 aromatic rings. The zero-order valence-electron chi connectivity index (χ0n) is 13.7. The highest BCUT2D eigenvalue weighted by Gasteiger charge is 2.14. The van der Waals surface area contributed by atoms with Gasteiger partial charge in [0.25, 0.3) is 11.8 Å². The van der Waals surface area contributed by atoms with E-state index in [1.165, 1.54) is 12.3 Å². The van der Waals surface area contributed by atoms with Gasteiger partial charge in [0.2, 0.25) is 0 Å². The van der Waals surface area contributed by atoms with Crippen molar-refractivity contribution in [2.75, 3.05) is 10.6 Å². The van der Waals surface area contributed by atoms with Crippen molar-refractivity contribution in [1.82, 2.24) is 4.98 Å². The average Bonchev–Trinajstić information content (AvgIpc) is 2.65. The third kappa shape index (κ3) is 4.98. The number of benzene rings is 2. The molecule has 136 valence electrons. The Hall–Kier alpha value is -2.60. The Balaban J connectivity index is 1.82. The van der Waals surface area contributed by atoms with Gasteiger partial charge in [0.15, 0.2) is 5.82 Å². The summed E-state index contributed by atoms with van der Waals surface area (Å²) in [5.41, 5.74) is 1.06. The van der Waals surface area contributed by atoms with Crippen LogP contribution in [0.25, 0.3) is 0 Å². The van der Waals surface area contributed by atoms with E-state index >= 15 is 0 Å². The van der Waals surface area contributed by atoms with Crippen LogP contribution in [0.2, 0.25) is 15.1 Å². The maximum absolute atomic E-state index is 12.4. The number of amides is 2. The molecule has 27 heavy (non-hydrogen) atoms. The van der Waals surface area contributed by atoms with E-state index in [9.17, 15) is 9.59 Å². The molecule has 2 amide bonds. The summed E-state index contributed by atoms with van der Waals surface area (Å²) in [6, 6.07) is 14.3. The maximum Gasteiger partial charge on any atom is 0.256 e. The molecule has 0 aliphatic carbocycles. The molecule has 5 nitrogen and oxygen atoms in total. The summed E-state index contributed by atoms with van der Waals surface area (Å²) in [4.78, 5) is 28.9. The predicted molar refractivity (Wildman–Crippen MR) is 108 cm³/mol. The topological polar surface area (TPSA) is 71.1 Å². The van der Waals surface area contributed by atoms with Crippen molar-refractivity contribution in [1.29, 1.82) is 0 Å². The Bertz CT molecular complexity index is 990. The highest BCUT2D eigenvalue weighted by Crippen LogP contribution is 2.24. The number of pyridine rings is 1. The van der Waals surface area contributed by atoms with Gasteiger partial charge in [-0.15, -0.1) is 0 Å². The van der Waals surface area contributed by atoms with Crippen molar-refractivity contribution < 1.29 is 9.59 Å². The molecule has 1 aromatic heterocycles. The molecule has 0 fully saturated rings. The van der Waals surface area contributed by atoms with E-state index in [2.05, 4.69) is 15.6 Å². The van der Waals surface area contributed by atoms with Gasteiger partial charge in [-0.1, -0.05) is 34.8 Å². The fourth-order valence-corrected chi connectivity index (χ4v) is 2.62. The normalized spacial score (nSPS) is 10.3. The Morgan fingerprint density at radius 2 is 1.19 bits per heavy atom. The number of nitrogens with zero attached hydrogens (tertiary/aromatic N) is 1. The summed E-state index contributed by atoms with van der Waals surface area (Å²) in [7, 11) is 0. The van der Waals surface area contributed by atoms with Crippen molar-refractivity contribution in [2.24, 2.45) is 0 Å². The average molecular weight is 421 g/mol. The molecule has 1 heterocycles. The maximum atomic E-state index is 12.4. The van der Waals surface area contributed by atoms with Crippen molar-refractivity contribution in [3.8, 4) is 0 Å². The first-order valence-electron chi connectivity index (χ1n) is 7.72. The number of carbonyl (C=O) groups excluding carboxylic acids is 2. The molecule has 0 aliphatic heterocycles. The number of carbonyl (C=O) groups is 2. The minimum Gasteiger partial charge on any atom is -0.319 e. The van der Waals surface area contributed by atoms with Crippen LogP contribution in [0, 0.1) is 0 Å². The van der Waals surface area contributed by atoms with Gasteiger partial charge in [0.1, 0.15) is 0 Å². The molecule has 0 saturated carbocycles. The van der Waals surface area contributed by atoms with Crippen LogP contribution in [0.15, 0.2) is 60.8 Å². The van der Waals surface area contributed by atoms with Crippen LogP contribution in [-0.2, 0) is 0 Å². The van der Waals surface area contributed by atoms with E-state index in [0.717, 1.165) is 0 Å². The first-order valence-corrected chi connectivity index (χ1v) is 8.85. The molecule has 0 aliphatic rings. The minimum atomic E-state index is -0.400. The fourth-order valence-electron chi connectivity index (χ4n) is 2.21. The van der Waals surface area contributed by atoms with Crippen LogP contribution in [0.1, 0.15) is 20.7 Å². The molecule has 0 bridgehead atoms. The number of aromatic nitrogens is 1. The predicted octanol–water partition coefficient (Wildman–Crippen LogP) is 5.55. The van der Waals surface area contributed by atoms with Crippen molar-refractivity contribution in [3.63, 3.8) is 0 Å². The summed E-state index contributed by atoms with van der Waals surface area (Å²) in [5.74, 6) is -0.622. The Kier molecular flexibility index (Phi) is 5.96. The van der Waals surface area contributed by atoms with E-state index < -0.39 is 11.8 Å². The lowest BCUT2D eigenvalue weighted by Gasteiger charge is -2.12. The van der Waals surface area contributed by atoms with E-state index in [0.29, 0.717) is 26.2 Å². The van der Waals surface area contributed by atoms with Crippen LogP contribution in [-0.4, -0.2) is 16.8 Å².